The predicted molar refractivity (Wildman–Crippen MR) is 78.7 cm³/mol. The number of hydrogen-bond acceptors (Lipinski definition) is 3. The third kappa shape index (κ3) is 3.05. The van der Waals surface area contributed by atoms with E-state index in [0.29, 0.717) is 15.5 Å². The van der Waals surface area contributed by atoms with Gasteiger partial charge in [0.05, 0.1) is 8.95 Å². The lowest BCUT2D eigenvalue weighted by atomic mass is 10.2. The molecule has 96 valence electrons. The van der Waals surface area contributed by atoms with Gasteiger partial charge in [0.25, 0.3) is 0 Å². The van der Waals surface area contributed by atoms with E-state index in [1.165, 1.54) is 0 Å². The van der Waals surface area contributed by atoms with Gasteiger partial charge in [0.2, 0.25) is 0 Å². The molecule has 6 heteroatoms. The maximum atomic E-state index is 9.62. The van der Waals surface area contributed by atoms with Crippen LogP contribution in [-0.4, -0.2) is 14.9 Å². The van der Waals surface area contributed by atoms with E-state index in [9.17, 15) is 5.11 Å². The van der Waals surface area contributed by atoms with E-state index >= 15 is 0 Å². The number of nitrogens with one attached hydrogen (secondary N) is 1. The summed E-state index contributed by atoms with van der Waals surface area (Å²) in [4.78, 5) is 0. The second-order valence-electron chi connectivity index (χ2n) is 3.82. The fourth-order valence-electron chi connectivity index (χ4n) is 1.54. The van der Waals surface area contributed by atoms with Crippen LogP contribution >= 0.6 is 31.9 Å². The molecule has 2 N–H and O–H groups in total. The van der Waals surface area contributed by atoms with Gasteiger partial charge in [-0.15, -0.1) is 0 Å². The number of aryl methyl sites for hydroxylation is 1. The van der Waals surface area contributed by atoms with Gasteiger partial charge in [0.15, 0.2) is 0 Å². The third-order valence-corrected chi connectivity index (χ3v) is 3.72. The number of phenols is 1. The third-order valence-electron chi connectivity index (χ3n) is 2.51. The highest BCUT2D eigenvalue weighted by Gasteiger charge is 2.06. The van der Waals surface area contributed by atoms with Crippen LogP contribution in [0.5, 0.6) is 5.75 Å². The van der Waals surface area contributed by atoms with E-state index in [1.54, 1.807) is 0 Å². The molecule has 18 heavy (non-hydrogen) atoms. The molecule has 1 heterocycles. The molecule has 0 aliphatic carbocycles. The van der Waals surface area contributed by atoms with Gasteiger partial charge in [-0.25, -0.2) is 0 Å². The van der Waals surface area contributed by atoms with Gasteiger partial charge < -0.3 is 10.4 Å². The van der Waals surface area contributed by atoms with Gasteiger partial charge in [0.1, 0.15) is 11.6 Å². The van der Waals surface area contributed by atoms with Crippen molar-refractivity contribution in [1.82, 2.24) is 9.78 Å². The number of anilines is 1. The lowest BCUT2D eigenvalue weighted by Crippen LogP contribution is -2.02. The van der Waals surface area contributed by atoms with Crippen molar-refractivity contribution in [2.24, 2.45) is 0 Å². The van der Waals surface area contributed by atoms with Gasteiger partial charge >= 0.3 is 0 Å². The summed E-state index contributed by atoms with van der Waals surface area (Å²) in [6.07, 6.45) is 1.94. The highest BCUT2D eigenvalue weighted by Crippen LogP contribution is 2.33. The van der Waals surface area contributed by atoms with Crippen molar-refractivity contribution in [1.29, 1.82) is 0 Å². The Bertz CT molecular complexity index is 531. The Morgan fingerprint density at radius 2 is 2.00 bits per heavy atom. The van der Waals surface area contributed by atoms with Crippen molar-refractivity contribution in [2.75, 3.05) is 5.32 Å². The smallest absolute Gasteiger partial charge is 0.148 e. The number of hydrogen-bond donors (Lipinski definition) is 2. The van der Waals surface area contributed by atoms with Gasteiger partial charge in [0, 0.05) is 25.4 Å². The molecule has 4 nitrogen and oxygen atoms in total. The van der Waals surface area contributed by atoms with E-state index in [4.69, 9.17) is 0 Å². The van der Waals surface area contributed by atoms with Crippen LogP contribution in [0.3, 0.4) is 0 Å². The fraction of sp³-hybridized carbons (Fsp3) is 0.250. The quantitative estimate of drug-likeness (QED) is 0.856. The van der Waals surface area contributed by atoms with E-state index in [-0.39, 0.29) is 5.75 Å². The second-order valence-corrected chi connectivity index (χ2v) is 5.53. The van der Waals surface area contributed by atoms with Crippen LogP contribution in [0.4, 0.5) is 5.82 Å². The molecule has 0 saturated heterocycles. The Hall–Kier alpha value is -1.01. The standard InChI is InChI=1S/C12H13Br2N3O/c1-2-17-4-3-11(16-17)15-7-8-5-9(13)12(18)10(14)6-8/h3-6,18H,2,7H2,1H3,(H,15,16). The first-order chi connectivity index (χ1) is 8.60. The van der Waals surface area contributed by atoms with Crippen LogP contribution in [-0.2, 0) is 13.1 Å². The lowest BCUT2D eigenvalue weighted by Gasteiger charge is -2.07. The van der Waals surface area contributed by atoms with Crippen LogP contribution in [0.2, 0.25) is 0 Å². The minimum atomic E-state index is 0.217. The number of halogens is 2. The monoisotopic (exact) mass is 373 g/mol. The van der Waals surface area contributed by atoms with Crippen LogP contribution in [0.15, 0.2) is 33.3 Å². The van der Waals surface area contributed by atoms with Crippen molar-refractivity contribution < 1.29 is 5.11 Å². The Kier molecular flexibility index (Phi) is 4.29. The molecule has 0 unspecified atom stereocenters. The average molecular weight is 375 g/mol. The molecular weight excluding hydrogens is 362 g/mol. The summed E-state index contributed by atoms with van der Waals surface area (Å²) in [5, 5.41) is 17.2. The predicted octanol–water partition coefficient (Wildman–Crippen LogP) is 3.75. The Balaban J connectivity index is 2.06. The van der Waals surface area contributed by atoms with E-state index in [0.717, 1.165) is 17.9 Å². The molecule has 1 aromatic carbocycles. The van der Waals surface area contributed by atoms with Crippen LogP contribution in [0, 0.1) is 0 Å². The normalized spacial score (nSPS) is 10.6. The van der Waals surface area contributed by atoms with Gasteiger partial charge in [-0.2, -0.15) is 5.10 Å². The van der Waals surface area contributed by atoms with Crippen LogP contribution in [0.1, 0.15) is 12.5 Å². The molecule has 2 aromatic rings. The number of aromatic nitrogens is 2. The zero-order valence-corrected chi connectivity index (χ0v) is 13.0. The summed E-state index contributed by atoms with van der Waals surface area (Å²) in [6, 6.07) is 5.70. The summed E-state index contributed by atoms with van der Waals surface area (Å²) >= 11 is 6.62. The minimum absolute atomic E-state index is 0.217. The maximum Gasteiger partial charge on any atom is 0.148 e. The molecule has 0 amide bonds. The molecule has 1 aromatic heterocycles. The Labute approximate surface area is 122 Å². The second kappa shape index (κ2) is 5.75. The van der Waals surface area contributed by atoms with E-state index < -0.39 is 0 Å². The lowest BCUT2D eigenvalue weighted by molar-refractivity contribution is 0.468. The van der Waals surface area contributed by atoms with Crippen molar-refractivity contribution in [2.45, 2.75) is 20.0 Å². The summed E-state index contributed by atoms with van der Waals surface area (Å²) in [7, 11) is 0. The fourth-order valence-corrected chi connectivity index (χ4v) is 2.83. The molecule has 0 radical (unpaired) electrons. The van der Waals surface area contributed by atoms with Gasteiger partial charge in [-0.1, -0.05) is 0 Å². The average Bonchev–Trinajstić information content (AvgIpc) is 2.81. The summed E-state index contributed by atoms with van der Waals surface area (Å²) in [5.41, 5.74) is 1.05. The van der Waals surface area contributed by atoms with E-state index in [2.05, 4.69) is 42.3 Å². The SMILES string of the molecule is CCn1ccc(NCc2cc(Br)c(O)c(Br)c2)n1. The number of phenolic OH excluding ortho intramolecular Hbond substituents is 1. The van der Waals surface area contributed by atoms with Crippen molar-refractivity contribution >= 4 is 37.7 Å². The zero-order chi connectivity index (χ0) is 13.1. The highest BCUT2D eigenvalue weighted by atomic mass is 79.9. The number of nitrogens with zero attached hydrogens (tertiary/aromatic N) is 2. The van der Waals surface area contributed by atoms with Crippen molar-refractivity contribution in [3.05, 3.63) is 38.9 Å². The van der Waals surface area contributed by atoms with Crippen molar-refractivity contribution in [3.8, 4) is 5.75 Å². The number of benzene rings is 1. The van der Waals surface area contributed by atoms with Crippen LogP contribution < -0.4 is 5.32 Å². The maximum absolute atomic E-state index is 9.62. The summed E-state index contributed by atoms with van der Waals surface area (Å²) in [6.45, 7) is 3.56. The van der Waals surface area contributed by atoms with E-state index in [1.807, 2.05) is 36.0 Å². The van der Waals surface area contributed by atoms with Gasteiger partial charge in [-0.3, -0.25) is 4.68 Å². The molecule has 0 saturated carbocycles. The molecule has 0 aliphatic heterocycles. The molecule has 0 fully saturated rings. The Morgan fingerprint density at radius 3 is 2.56 bits per heavy atom. The molecule has 0 spiro atoms. The molecular formula is C12H13Br2N3O. The molecule has 0 aliphatic rings. The zero-order valence-electron chi connectivity index (χ0n) is 9.82. The van der Waals surface area contributed by atoms with Gasteiger partial charge in [-0.05, 0) is 56.5 Å². The highest BCUT2D eigenvalue weighted by molar-refractivity contribution is 9.11. The molecule has 0 bridgehead atoms. The number of aromatic hydroxyl groups is 1. The molecule has 0 atom stereocenters. The molecule has 2 rings (SSSR count). The first-order valence-corrected chi connectivity index (χ1v) is 7.13. The van der Waals surface area contributed by atoms with Crippen LogP contribution in [0.25, 0.3) is 0 Å². The largest absolute Gasteiger partial charge is 0.506 e. The topological polar surface area (TPSA) is 50.1 Å². The first kappa shape index (κ1) is 13.4. The summed E-state index contributed by atoms with van der Waals surface area (Å²) < 4.78 is 3.21. The Morgan fingerprint density at radius 1 is 1.33 bits per heavy atom. The minimum Gasteiger partial charge on any atom is -0.506 e. The van der Waals surface area contributed by atoms with Crippen molar-refractivity contribution in [3.63, 3.8) is 0 Å². The summed E-state index contributed by atoms with van der Waals surface area (Å²) in [5.74, 6) is 1.06. The first-order valence-electron chi connectivity index (χ1n) is 5.54. The number of rotatable bonds is 4.